The highest BCUT2D eigenvalue weighted by atomic mass is 16.3. The van der Waals surface area contributed by atoms with Gasteiger partial charge in [0.15, 0.2) is 0 Å². The van der Waals surface area contributed by atoms with Gasteiger partial charge in [0, 0.05) is 0 Å². The Morgan fingerprint density at radius 1 is 1.42 bits per heavy atom. The molecule has 2 nitrogen and oxygen atoms in total. The van der Waals surface area contributed by atoms with E-state index in [-0.39, 0.29) is 6.10 Å². The normalized spacial score (nSPS) is 40.7. The maximum atomic E-state index is 9.76. The van der Waals surface area contributed by atoms with Crippen molar-refractivity contribution in [2.24, 2.45) is 23.5 Å². The molecule has 0 radical (unpaired) electrons. The number of fused-ring (bicyclic) bond motifs is 2. The molecule has 2 bridgehead atoms. The minimum absolute atomic E-state index is 0.157. The molecule has 2 aliphatic carbocycles. The zero-order valence-corrected chi connectivity index (χ0v) is 7.32. The highest BCUT2D eigenvalue weighted by Gasteiger charge is 2.38. The van der Waals surface area contributed by atoms with Crippen LogP contribution in [0.15, 0.2) is 12.2 Å². The topological polar surface area (TPSA) is 46.2 Å². The van der Waals surface area contributed by atoms with Gasteiger partial charge in [-0.1, -0.05) is 12.2 Å². The van der Waals surface area contributed by atoms with Crippen LogP contribution in [0.3, 0.4) is 0 Å². The number of nitrogens with two attached hydrogens (primary N) is 1. The molecule has 4 unspecified atom stereocenters. The molecule has 2 rings (SSSR count). The molecule has 0 heterocycles. The molecular weight excluding hydrogens is 150 g/mol. The van der Waals surface area contributed by atoms with Gasteiger partial charge < -0.3 is 10.8 Å². The molecule has 1 saturated carbocycles. The van der Waals surface area contributed by atoms with Crippen molar-refractivity contribution in [2.45, 2.75) is 25.4 Å². The van der Waals surface area contributed by atoms with E-state index in [1.54, 1.807) is 0 Å². The average Bonchev–Trinajstić information content (AvgIpc) is 2.64. The molecule has 0 spiro atoms. The summed E-state index contributed by atoms with van der Waals surface area (Å²) in [6, 6.07) is 0. The number of rotatable bonds is 3. The minimum atomic E-state index is -0.157. The largest absolute Gasteiger partial charge is 0.393 e. The molecule has 2 aliphatic rings. The lowest BCUT2D eigenvalue weighted by atomic mass is 9.87. The van der Waals surface area contributed by atoms with E-state index in [1.807, 2.05) is 0 Å². The van der Waals surface area contributed by atoms with Gasteiger partial charge in [-0.3, -0.25) is 0 Å². The fourth-order valence-electron chi connectivity index (χ4n) is 2.65. The lowest BCUT2D eigenvalue weighted by Gasteiger charge is -2.23. The lowest BCUT2D eigenvalue weighted by molar-refractivity contribution is 0.0875. The predicted octanol–water partition coefficient (Wildman–Crippen LogP) is 0.908. The van der Waals surface area contributed by atoms with Crippen LogP contribution in [-0.2, 0) is 0 Å². The second-order valence-electron chi connectivity index (χ2n) is 4.09. The van der Waals surface area contributed by atoms with Crippen molar-refractivity contribution in [1.82, 2.24) is 0 Å². The second kappa shape index (κ2) is 3.19. The highest BCUT2D eigenvalue weighted by molar-refractivity contribution is 5.11. The summed E-state index contributed by atoms with van der Waals surface area (Å²) in [6.07, 6.45) is 7.64. The highest BCUT2D eigenvalue weighted by Crippen LogP contribution is 2.45. The van der Waals surface area contributed by atoms with E-state index in [0.717, 1.165) is 12.3 Å². The molecule has 0 aromatic heterocycles. The number of aliphatic hydroxyl groups is 1. The van der Waals surface area contributed by atoms with Crippen molar-refractivity contribution in [3.63, 3.8) is 0 Å². The van der Waals surface area contributed by atoms with E-state index in [4.69, 9.17) is 5.73 Å². The van der Waals surface area contributed by atoms with Crippen LogP contribution in [0, 0.1) is 17.8 Å². The number of aliphatic hydroxyl groups excluding tert-OH is 1. The van der Waals surface area contributed by atoms with Gasteiger partial charge in [0.05, 0.1) is 6.10 Å². The van der Waals surface area contributed by atoms with Gasteiger partial charge in [-0.15, -0.1) is 0 Å². The molecule has 68 valence electrons. The van der Waals surface area contributed by atoms with Crippen LogP contribution in [0.1, 0.15) is 19.3 Å². The fourth-order valence-corrected chi connectivity index (χ4v) is 2.65. The Morgan fingerprint density at radius 2 is 2.25 bits per heavy atom. The van der Waals surface area contributed by atoms with Gasteiger partial charge in [0.1, 0.15) is 0 Å². The Morgan fingerprint density at radius 3 is 2.75 bits per heavy atom. The fraction of sp³-hybridized carbons (Fsp3) is 0.800. The van der Waals surface area contributed by atoms with Crippen LogP contribution in [0.4, 0.5) is 0 Å². The maximum Gasteiger partial charge on any atom is 0.0586 e. The zero-order valence-electron chi connectivity index (χ0n) is 7.32. The number of allylic oxidation sites excluding steroid dienone is 2. The maximum absolute atomic E-state index is 9.76. The summed E-state index contributed by atoms with van der Waals surface area (Å²) < 4.78 is 0. The van der Waals surface area contributed by atoms with Crippen LogP contribution >= 0.6 is 0 Å². The van der Waals surface area contributed by atoms with Crippen molar-refractivity contribution in [3.8, 4) is 0 Å². The molecule has 12 heavy (non-hydrogen) atoms. The summed E-state index contributed by atoms with van der Waals surface area (Å²) in [5.74, 6) is 1.91. The van der Waals surface area contributed by atoms with Crippen molar-refractivity contribution in [2.75, 3.05) is 6.54 Å². The van der Waals surface area contributed by atoms with Crippen molar-refractivity contribution in [3.05, 3.63) is 12.2 Å². The van der Waals surface area contributed by atoms with Crippen molar-refractivity contribution < 1.29 is 5.11 Å². The molecular formula is C10H17NO. The summed E-state index contributed by atoms with van der Waals surface area (Å²) in [5, 5.41) is 9.76. The van der Waals surface area contributed by atoms with Crippen molar-refractivity contribution in [1.29, 1.82) is 0 Å². The Hall–Kier alpha value is -0.340. The Bertz CT molecular complexity index is 190. The molecule has 3 N–H and O–H groups in total. The Kier molecular flexibility index (Phi) is 2.20. The summed E-state index contributed by atoms with van der Waals surface area (Å²) in [4.78, 5) is 0. The number of hydrogen-bond donors (Lipinski definition) is 2. The molecule has 0 aromatic carbocycles. The van der Waals surface area contributed by atoms with Crippen molar-refractivity contribution >= 4 is 0 Å². The van der Waals surface area contributed by atoms with E-state index in [0.29, 0.717) is 18.4 Å². The molecule has 4 atom stereocenters. The molecule has 0 saturated heterocycles. The SMILES string of the molecule is NCCC(O)C1CC2C=CC1C2. The molecule has 0 aromatic rings. The molecule has 0 aliphatic heterocycles. The summed E-state index contributed by atoms with van der Waals surface area (Å²) in [7, 11) is 0. The summed E-state index contributed by atoms with van der Waals surface area (Å²) in [5.41, 5.74) is 5.42. The van der Waals surface area contributed by atoms with Crippen LogP contribution in [0.25, 0.3) is 0 Å². The van der Waals surface area contributed by atoms with Gasteiger partial charge in [0.25, 0.3) is 0 Å². The van der Waals surface area contributed by atoms with Crippen LogP contribution < -0.4 is 5.73 Å². The lowest BCUT2D eigenvalue weighted by Crippen LogP contribution is -2.26. The van der Waals surface area contributed by atoms with Crippen LogP contribution in [0.5, 0.6) is 0 Å². The van der Waals surface area contributed by atoms with E-state index in [9.17, 15) is 5.11 Å². The summed E-state index contributed by atoms with van der Waals surface area (Å²) >= 11 is 0. The standard InChI is InChI=1S/C10H17NO/c11-4-3-10(12)9-6-7-1-2-8(9)5-7/h1-2,7-10,12H,3-6,11H2. The van der Waals surface area contributed by atoms with Crippen LogP contribution in [0.2, 0.25) is 0 Å². The third-order valence-electron chi connectivity index (χ3n) is 3.29. The summed E-state index contributed by atoms with van der Waals surface area (Å²) in [6.45, 7) is 0.610. The Balaban J connectivity index is 1.93. The first-order valence-electron chi connectivity index (χ1n) is 4.87. The van der Waals surface area contributed by atoms with Gasteiger partial charge in [-0.25, -0.2) is 0 Å². The quantitative estimate of drug-likeness (QED) is 0.614. The van der Waals surface area contributed by atoms with E-state index >= 15 is 0 Å². The second-order valence-corrected chi connectivity index (χ2v) is 4.09. The molecule has 2 heteroatoms. The van der Waals surface area contributed by atoms with Gasteiger partial charge in [0.2, 0.25) is 0 Å². The first-order chi connectivity index (χ1) is 5.81. The van der Waals surface area contributed by atoms with E-state index < -0.39 is 0 Å². The average molecular weight is 167 g/mol. The Labute approximate surface area is 73.5 Å². The minimum Gasteiger partial charge on any atom is -0.393 e. The predicted molar refractivity (Wildman–Crippen MR) is 48.5 cm³/mol. The first kappa shape index (κ1) is 8.27. The molecule has 1 fully saturated rings. The number of hydrogen-bond acceptors (Lipinski definition) is 2. The van der Waals surface area contributed by atoms with E-state index in [2.05, 4.69) is 12.2 Å². The van der Waals surface area contributed by atoms with Gasteiger partial charge in [-0.05, 0) is 43.6 Å². The smallest absolute Gasteiger partial charge is 0.0586 e. The van der Waals surface area contributed by atoms with Gasteiger partial charge >= 0.3 is 0 Å². The zero-order chi connectivity index (χ0) is 8.55. The van der Waals surface area contributed by atoms with Crippen LogP contribution in [-0.4, -0.2) is 17.8 Å². The third-order valence-corrected chi connectivity index (χ3v) is 3.29. The van der Waals surface area contributed by atoms with Gasteiger partial charge in [-0.2, -0.15) is 0 Å². The molecule has 0 amide bonds. The monoisotopic (exact) mass is 167 g/mol. The third kappa shape index (κ3) is 1.29. The first-order valence-corrected chi connectivity index (χ1v) is 4.87. The van der Waals surface area contributed by atoms with E-state index in [1.165, 1.54) is 12.8 Å².